The molecule has 5 nitrogen and oxygen atoms in total. The lowest BCUT2D eigenvalue weighted by Crippen LogP contribution is -2.03. The van der Waals surface area contributed by atoms with E-state index in [0.717, 1.165) is 28.4 Å². The van der Waals surface area contributed by atoms with Crippen molar-refractivity contribution in [2.75, 3.05) is 14.2 Å². The Labute approximate surface area is 173 Å². The highest BCUT2D eigenvalue weighted by molar-refractivity contribution is 5.64. The molecular formula is C24H21FN2O3. The molecule has 0 fully saturated rings. The van der Waals surface area contributed by atoms with Crippen LogP contribution in [0.1, 0.15) is 17.4 Å². The standard InChI is InChI=1S/C24H21FN2O3/c1-29-20-11-5-16(6-12-20)23-15-22(24(28)17-3-7-18(25)8-4-17)26-27(23)19-9-13-21(30-2)14-10-19/h3-15,24,28H,1-2H3. The second kappa shape index (κ2) is 8.39. The van der Waals surface area contributed by atoms with Gasteiger partial charge in [0.25, 0.3) is 0 Å². The van der Waals surface area contributed by atoms with Gasteiger partial charge in [-0.05, 0) is 72.3 Å². The van der Waals surface area contributed by atoms with E-state index in [1.165, 1.54) is 12.1 Å². The molecule has 1 N–H and O–H groups in total. The van der Waals surface area contributed by atoms with Gasteiger partial charge in [0.05, 0.1) is 31.3 Å². The second-order valence-electron chi connectivity index (χ2n) is 6.75. The molecule has 0 radical (unpaired) electrons. The molecule has 4 aromatic rings. The number of benzene rings is 3. The lowest BCUT2D eigenvalue weighted by atomic mass is 10.1. The zero-order valence-electron chi connectivity index (χ0n) is 16.6. The van der Waals surface area contributed by atoms with Gasteiger partial charge < -0.3 is 14.6 Å². The first-order chi connectivity index (χ1) is 14.6. The minimum absolute atomic E-state index is 0.353. The zero-order valence-corrected chi connectivity index (χ0v) is 16.6. The van der Waals surface area contributed by atoms with Crippen molar-refractivity contribution in [1.82, 2.24) is 9.78 Å². The normalized spacial score (nSPS) is 11.9. The van der Waals surface area contributed by atoms with E-state index >= 15 is 0 Å². The van der Waals surface area contributed by atoms with Gasteiger partial charge in [0.1, 0.15) is 23.4 Å². The van der Waals surface area contributed by atoms with Crippen LogP contribution in [0.15, 0.2) is 78.9 Å². The van der Waals surface area contributed by atoms with Crippen molar-refractivity contribution in [1.29, 1.82) is 0 Å². The van der Waals surface area contributed by atoms with Crippen molar-refractivity contribution in [2.45, 2.75) is 6.10 Å². The molecule has 1 atom stereocenters. The van der Waals surface area contributed by atoms with Crippen LogP contribution >= 0.6 is 0 Å². The summed E-state index contributed by atoms with van der Waals surface area (Å²) >= 11 is 0. The highest BCUT2D eigenvalue weighted by Gasteiger charge is 2.19. The summed E-state index contributed by atoms with van der Waals surface area (Å²) in [5.41, 5.74) is 3.56. The molecule has 3 aromatic carbocycles. The fourth-order valence-corrected chi connectivity index (χ4v) is 3.24. The lowest BCUT2D eigenvalue weighted by molar-refractivity contribution is 0.214. The quantitative estimate of drug-likeness (QED) is 0.503. The minimum atomic E-state index is -0.984. The molecule has 0 bridgehead atoms. The predicted octanol–water partition coefficient (Wildman–Crippen LogP) is 4.78. The number of halogens is 1. The second-order valence-corrected chi connectivity index (χ2v) is 6.75. The molecule has 1 heterocycles. The SMILES string of the molecule is COc1ccc(-c2cc(C(O)c3ccc(F)cc3)nn2-c2ccc(OC)cc2)cc1. The maximum absolute atomic E-state index is 13.3. The molecule has 30 heavy (non-hydrogen) atoms. The van der Waals surface area contributed by atoms with Crippen molar-refractivity contribution >= 4 is 0 Å². The minimum Gasteiger partial charge on any atom is -0.497 e. The average Bonchev–Trinajstić information content (AvgIpc) is 3.24. The Morgan fingerprint density at radius 1 is 0.833 bits per heavy atom. The van der Waals surface area contributed by atoms with Gasteiger partial charge in [0.15, 0.2) is 0 Å². The van der Waals surface area contributed by atoms with E-state index in [0.29, 0.717) is 11.3 Å². The number of ether oxygens (including phenoxy) is 2. The van der Waals surface area contributed by atoms with E-state index in [1.54, 1.807) is 31.0 Å². The highest BCUT2D eigenvalue weighted by atomic mass is 19.1. The Morgan fingerprint density at radius 2 is 1.40 bits per heavy atom. The summed E-state index contributed by atoms with van der Waals surface area (Å²) < 4.78 is 25.5. The van der Waals surface area contributed by atoms with Crippen LogP contribution in [0.4, 0.5) is 4.39 Å². The van der Waals surface area contributed by atoms with Crippen molar-refractivity contribution < 1.29 is 19.0 Å². The van der Waals surface area contributed by atoms with E-state index in [4.69, 9.17) is 9.47 Å². The van der Waals surface area contributed by atoms with Crippen molar-refractivity contribution in [3.8, 4) is 28.4 Å². The summed E-state index contributed by atoms with van der Waals surface area (Å²) in [6.45, 7) is 0. The number of aliphatic hydroxyl groups is 1. The molecule has 0 saturated heterocycles. The first kappa shape index (κ1) is 19.7. The summed E-state index contributed by atoms with van der Waals surface area (Å²) in [6, 6.07) is 22.7. The molecule has 0 aliphatic rings. The fourth-order valence-electron chi connectivity index (χ4n) is 3.24. The monoisotopic (exact) mass is 404 g/mol. The molecule has 0 amide bonds. The smallest absolute Gasteiger partial charge is 0.123 e. The Hall–Kier alpha value is -3.64. The molecule has 0 aliphatic heterocycles. The third-order valence-corrected chi connectivity index (χ3v) is 4.90. The van der Waals surface area contributed by atoms with Crippen LogP contribution in [-0.4, -0.2) is 29.1 Å². The van der Waals surface area contributed by atoms with Crippen molar-refractivity contribution in [3.63, 3.8) is 0 Å². The number of methoxy groups -OCH3 is 2. The molecular weight excluding hydrogens is 383 g/mol. The average molecular weight is 404 g/mol. The topological polar surface area (TPSA) is 56.5 Å². The summed E-state index contributed by atoms with van der Waals surface area (Å²) in [6.07, 6.45) is -0.984. The van der Waals surface area contributed by atoms with Crippen molar-refractivity contribution in [2.24, 2.45) is 0 Å². The molecule has 0 aliphatic carbocycles. The maximum atomic E-state index is 13.3. The fraction of sp³-hybridized carbons (Fsp3) is 0.125. The third kappa shape index (κ3) is 3.90. The van der Waals surface area contributed by atoms with Crippen LogP contribution < -0.4 is 9.47 Å². The van der Waals surface area contributed by atoms with E-state index in [-0.39, 0.29) is 5.82 Å². The van der Waals surface area contributed by atoms with Crippen LogP contribution in [0.2, 0.25) is 0 Å². The largest absolute Gasteiger partial charge is 0.497 e. The van der Waals surface area contributed by atoms with Gasteiger partial charge in [-0.1, -0.05) is 12.1 Å². The molecule has 0 spiro atoms. The van der Waals surface area contributed by atoms with Gasteiger partial charge in [-0.2, -0.15) is 5.10 Å². The maximum Gasteiger partial charge on any atom is 0.123 e. The first-order valence-corrected chi connectivity index (χ1v) is 9.41. The van der Waals surface area contributed by atoms with E-state index in [2.05, 4.69) is 5.10 Å². The molecule has 6 heteroatoms. The number of rotatable bonds is 6. The van der Waals surface area contributed by atoms with Crippen LogP contribution in [0, 0.1) is 5.82 Å². The summed E-state index contributed by atoms with van der Waals surface area (Å²) in [5.74, 6) is 1.14. The Balaban J connectivity index is 1.80. The number of hydrogen-bond donors (Lipinski definition) is 1. The molecule has 1 unspecified atom stereocenters. The molecule has 0 saturated carbocycles. The van der Waals surface area contributed by atoms with Gasteiger partial charge in [-0.3, -0.25) is 0 Å². The van der Waals surface area contributed by atoms with Gasteiger partial charge >= 0.3 is 0 Å². The zero-order chi connectivity index (χ0) is 21.1. The van der Waals surface area contributed by atoms with Gasteiger partial charge in [-0.15, -0.1) is 0 Å². The van der Waals surface area contributed by atoms with Crippen LogP contribution in [0.25, 0.3) is 16.9 Å². The van der Waals surface area contributed by atoms with Crippen molar-refractivity contribution in [3.05, 3.63) is 95.9 Å². The number of hydrogen-bond acceptors (Lipinski definition) is 4. The van der Waals surface area contributed by atoms with E-state index in [1.807, 2.05) is 54.6 Å². The number of aliphatic hydroxyl groups excluding tert-OH is 1. The van der Waals surface area contributed by atoms with Crippen LogP contribution in [-0.2, 0) is 0 Å². The highest BCUT2D eigenvalue weighted by Crippen LogP contribution is 2.30. The van der Waals surface area contributed by atoms with Gasteiger partial charge in [0.2, 0.25) is 0 Å². The molecule has 152 valence electrons. The Kier molecular flexibility index (Phi) is 5.50. The lowest BCUT2D eigenvalue weighted by Gasteiger charge is -2.09. The summed E-state index contributed by atoms with van der Waals surface area (Å²) in [7, 11) is 3.23. The summed E-state index contributed by atoms with van der Waals surface area (Å²) in [5, 5.41) is 15.5. The Morgan fingerprint density at radius 3 is 1.97 bits per heavy atom. The summed E-state index contributed by atoms with van der Waals surface area (Å²) in [4.78, 5) is 0. The molecule has 4 rings (SSSR count). The molecule has 1 aromatic heterocycles. The van der Waals surface area contributed by atoms with E-state index < -0.39 is 6.10 Å². The predicted molar refractivity (Wildman–Crippen MR) is 113 cm³/mol. The van der Waals surface area contributed by atoms with E-state index in [9.17, 15) is 9.50 Å². The van der Waals surface area contributed by atoms with Gasteiger partial charge in [0, 0.05) is 5.56 Å². The van der Waals surface area contributed by atoms with Crippen LogP contribution in [0.5, 0.6) is 11.5 Å². The number of aromatic nitrogens is 2. The number of nitrogens with zero attached hydrogens (tertiary/aromatic N) is 2. The van der Waals surface area contributed by atoms with Gasteiger partial charge in [-0.25, -0.2) is 9.07 Å². The Bertz CT molecular complexity index is 1060. The third-order valence-electron chi connectivity index (χ3n) is 4.90. The van der Waals surface area contributed by atoms with Crippen LogP contribution in [0.3, 0.4) is 0 Å². The first-order valence-electron chi connectivity index (χ1n) is 9.41.